The van der Waals surface area contributed by atoms with Crippen LogP contribution in [0.2, 0.25) is 0 Å². The van der Waals surface area contributed by atoms with Crippen molar-refractivity contribution >= 4 is 6.03 Å². The maximum absolute atomic E-state index is 12.9. The average molecular weight is 332 g/mol. The van der Waals surface area contributed by atoms with Crippen LogP contribution in [0, 0.1) is 12.7 Å². The third-order valence-electron chi connectivity index (χ3n) is 4.07. The fourth-order valence-electron chi connectivity index (χ4n) is 2.71. The van der Waals surface area contributed by atoms with Gasteiger partial charge in [0.05, 0.1) is 12.2 Å². The largest absolute Gasteiger partial charge is 0.360 e. The van der Waals surface area contributed by atoms with E-state index in [1.807, 2.05) is 13.0 Å². The molecule has 6 nitrogen and oxygen atoms in total. The number of rotatable bonds is 4. The average Bonchev–Trinajstić information content (AvgIpc) is 2.99. The Bertz CT molecular complexity index is 678. The van der Waals surface area contributed by atoms with Crippen LogP contribution in [-0.4, -0.2) is 47.2 Å². The van der Waals surface area contributed by atoms with Gasteiger partial charge in [0.1, 0.15) is 5.82 Å². The van der Waals surface area contributed by atoms with E-state index in [0.29, 0.717) is 26.2 Å². The summed E-state index contributed by atoms with van der Waals surface area (Å²) in [4.78, 5) is 16.2. The van der Waals surface area contributed by atoms with Gasteiger partial charge in [-0.1, -0.05) is 17.3 Å². The first-order chi connectivity index (χ1) is 11.6. The molecule has 3 rings (SSSR count). The van der Waals surface area contributed by atoms with Crippen molar-refractivity contribution in [3.63, 3.8) is 0 Å². The lowest BCUT2D eigenvalue weighted by molar-refractivity contribution is 0.128. The summed E-state index contributed by atoms with van der Waals surface area (Å²) in [7, 11) is 0. The molecule has 128 valence electrons. The SMILES string of the molecule is Cc1cc(CN2CCN(C(=O)NCc3ccc(F)cc3)CC2)on1. The zero-order chi connectivity index (χ0) is 16.9. The van der Waals surface area contributed by atoms with Gasteiger partial charge in [-0.25, -0.2) is 9.18 Å². The number of urea groups is 1. The highest BCUT2D eigenvalue weighted by Gasteiger charge is 2.21. The van der Waals surface area contributed by atoms with Gasteiger partial charge in [-0.3, -0.25) is 4.90 Å². The maximum atomic E-state index is 12.9. The Labute approximate surface area is 140 Å². The number of carbonyl (C=O) groups excluding carboxylic acids is 1. The number of aromatic nitrogens is 1. The molecule has 0 spiro atoms. The second kappa shape index (κ2) is 7.44. The van der Waals surface area contributed by atoms with Crippen molar-refractivity contribution < 1.29 is 13.7 Å². The van der Waals surface area contributed by atoms with Crippen LogP contribution in [0.4, 0.5) is 9.18 Å². The molecule has 2 aromatic rings. The van der Waals surface area contributed by atoms with E-state index < -0.39 is 0 Å². The van der Waals surface area contributed by atoms with Crippen LogP contribution in [0.25, 0.3) is 0 Å². The van der Waals surface area contributed by atoms with Crippen LogP contribution in [0.1, 0.15) is 17.0 Å². The van der Waals surface area contributed by atoms with E-state index in [1.165, 1.54) is 12.1 Å². The molecule has 1 aromatic heterocycles. The summed E-state index contributed by atoms with van der Waals surface area (Å²) in [5.74, 6) is 0.574. The summed E-state index contributed by atoms with van der Waals surface area (Å²) in [6, 6.07) is 7.98. The summed E-state index contributed by atoms with van der Waals surface area (Å²) in [5.41, 5.74) is 1.76. The number of benzene rings is 1. The Kier molecular flexibility index (Phi) is 5.10. The van der Waals surface area contributed by atoms with Gasteiger partial charge in [0.2, 0.25) is 0 Å². The summed E-state index contributed by atoms with van der Waals surface area (Å²) >= 11 is 0. The highest BCUT2D eigenvalue weighted by atomic mass is 19.1. The molecular weight excluding hydrogens is 311 g/mol. The minimum Gasteiger partial charge on any atom is -0.360 e. The first kappa shape index (κ1) is 16.4. The number of aryl methyl sites for hydroxylation is 1. The van der Waals surface area contributed by atoms with Crippen LogP contribution in [0.5, 0.6) is 0 Å². The number of hydrogen-bond acceptors (Lipinski definition) is 4. The van der Waals surface area contributed by atoms with Crippen molar-refractivity contribution in [1.29, 1.82) is 0 Å². The van der Waals surface area contributed by atoms with Crippen LogP contribution in [0.3, 0.4) is 0 Å². The Balaban J connectivity index is 1.42. The predicted molar refractivity (Wildman–Crippen MR) is 86.7 cm³/mol. The van der Waals surface area contributed by atoms with Gasteiger partial charge in [-0.05, 0) is 24.6 Å². The van der Waals surface area contributed by atoms with Gasteiger partial charge in [-0.15, -0.1) is 0 Å². The third-order valence-corrected chi connectivity index (χ3v) is 4.07. The second-order valence-corrected chi connectivity index (χ2v) is 5.98. The molecule has 0 radical (unpaired) electrons. The summed E-state index contributed by atoms with van der Waals surface area (Å²) in [5, 5.41) is 6.76. The highest BCUT2D eigenvalue weighted by molar-refractivity contribution is 5.74. The van der Waals surface area contributed by atoms with Crippen LogP contribution in [-0.2, 0) is 13.1 Å². The number of nitrogens with one attached hydrogen (secondary N) is 1. The van der Waals surface area contributed by atoms with Crippen molar-refractivity contribution in [1.82, 2.24) is 20.3 Å². The molecule has 2 amide bonds. The van der Waals surface area contributed by atoms with Gasteiger partial charge < -0.3 is 14.7 Å². The van der Waals surface area contributed by atoms with E-state index in [9.17, 15) is 9.18 Å². The lowest BCUT2D eigenvalue weighted by atomic mass is 10.2. The van der Waals surface area contributed by atoms with Crippen molar-refractivity contribution in [2.45, 2.75) is 20.0 Å². The van der Waals surface area contributed by atoms with Crippen LogP contribution in [0.15, 0.2) is 34.9 Å². The number of nitrogens with zero attached hydrogens (tertiary/aromatic N) is 3. The van der Waals surface area contributed by atoms with Crippen molar-refractivity contribution in [3.05, 3.63) is 53.2 Å². The quantitative estimate of drug-likeness (QED) is 0.932. The molecular formula is C17H21FN4O2. The van der Waals surface area contributed by atoms with E-state index in [0.717, 1.165) is 30.1 Å². The molecule has 1 saturated heterocycles. The number of halogens is 1. The molecule has 1 aromatic carbocycles. The maximum Gasteiger partial charge on any atom is 0.317 e. The van der Waals surface area contributed by atoms with Crippen LogP contribution >= 0.6 is 0 Å². The number of carbonyl (C=O) groups is 1. The van der Waals surface area contributed by atoms with E-state index in [4.69, 9.17) is 4.52 Å². The summed E-state index contributed by atoms with van der Waals surface area (Å²) in [6.45, 7) is 5.94. The smallest absolute Gasteiger partial charge is 0.317 e. The lowest BCUT2D eigenvalue weighted by Crippen LogP contribution is -2.51. The van der Waals surface area contributed by atoms with Gasteiger partial charge in [0.25, 0.3) is 0 Å². The highest BCUT2D eigenvalue weighted by Crippen LogP contribution is 2.10. The molecule has 1 N–H and O–H groups in total. The Morgan fingerprint density at radius 2 is 1.96 bits per heavy atom. The standard InChI is InChI=1S/C17H21FN4O2/c1-13-10-16(24-20-13)12-21-6-8-22(9-7-21)17(23)19-11-14-2-4-15(18)5-3-14/h2-5,10H,6-9,11-12H2,1H3,(H,19,23). The Morgan fingerprint density at radius 3 is 2.58 bits per heavy atom. The molecule has 24 heavy (non-hydrogen) atoms. The molecule has 2 heterocycles. The fourth-order valence-corrected chi connectivity index (χ4v) is 2.71. The van der Waals surface area contributed by atoms with Crippen LogP contribution < -0.4 is 5.32 Å². The Hall–Kier alpha value is -2.41. The van der Waals surface area contributed by atoms with Crippen molar-refractivity contribution in [2.75, 3.05) is 26.2 Å². The van der Waals surface area contributed by atoms with Gasteiger partial charge >= 0.3 is 6.03 Å². The monoisotopic (exact) mass is 332 g/mol. The van der Waals surface area contributed by atoms with Gasteiger partial charge in [0.15, 0.2) is 5.76 Å². The molecule has 0 unspecified atom stereocenters. The number of hydrogen-bond donors (Lipinski definition) is 1. The first-order valence-corrected chi connectivity index (χ1v) is 8.02. The molecule has 1 aliphatic heterocycles. The fraction of sp³-hybridized carbons (Fsp3) is 0.412. The topological polar surface area (TPSA) is 61.6 Å². The Morgan fingerprint density at radius 1 is 1.25 bits per heavy atom. The first-order valence-electron chi connectivity index (χ1n) is 8.02. The van der Waals surface area contributed by atoms with Gasteiger partial charge in [0, 0.05) is 38.8 Å². The van der Waals surface area contributed by atoms with E-state index >= 15 is 0 Å². The molecule has 7 heteroatoms. The third kappa shape index (κ3) is 4.32. The normalized spacial score (nSPS) is 15.5. The molecule has 0 bridgehead atoms. The molecule has 1 aliphatic rings. The molecule has 0 aliphatic carbocycles. The summed E-state index contributed by atoms with van der Waals surface area (Å²) in [6.07, 6.45) is 0. The predicted octanol–water partition coefficient (Wildman–Crippen LogP) is 2.15. The number of piperazine rings is 1. The second-order valence-electron chi connectivity index (χ2n) is 5.98. The van der Waals surface area contributed by atoms with E-state index in [2.05, 4.69) is 15.4 Å². The lowest BCUT2D eigenvalue weighted by Gasteiger charge is -2.34. The molecule has 1 fully saturated rings. The minimum atomic E-state index is -0.275. The van der Waals surface area contributed by atoms with Gasteiger partial charge in [-0.2, -0.15) is 0 Å². The van der Waals surface area contributed by atoms with Crippen molar-refractivity contribution in [3.8, 4) is 0 Å². The summed E-state index contributed by atoms with van der Waals surface area (Å²) < 4.78 is 18.1. The van der Waals surface area contributed by atoms with E-state index in [-0.39, 0.29) is 11.8 Å². The molecule has 0 saturated carbocycles. The number of amides is 2. The molecule has 0 atom stereocenters. The van der Waals surface area contributed by atoms with Crippen molar-refractivity contribution in [2.24, 2.45) is 0 Å². The zero-order valence-corrected chi connectivity index (χ0v) is 13.7. The minimum absolute atomic E-state index is 0.0884. The van der Waals surface area contributed by atoms with E-state index in [1.54, 1.807) is 17.0 Å². The zero-order valence-electron chi connectivity index (χ0n) is 13.7.